The first kappa shape index (κ1) is 16.6. The van der Waals surface area contributed by atoms with Gasteiger partial charge in [-0.1, -0.05) is 50.2 Å². The monoisotopic (exact) mass is 313 g/mol. The lowest BCUT2D eigenvalue weighted by Gasteiger charge is -2.18. The molecule has 3 heteroatoms. The van der Waals surface area contributed by atoms with Crippen LogP contribution in [0, 0.1) is 6.92 Å². The average Bonchev–Trinajstić information content (AvgIpc) is 2.47. The van der Waals surface area contributed by atoms with E-state index in [1.807, 2.05) is 43.3 Å². The number of thioether (sulfide) groups is 1. The standard InChI is InChI=1S/C19H23NOS/c1-13(2)22-18-12-8-7-11-17(18)19(21)20-15(4)16-10-6-5-9-14(16)3/h5-13,15H,1-4H3,(H,20,21). The molecule has 2 aromatic rings. The first-order chi connectivity index (χ1) is 10.5. The summed E-state index contributed by atoms with van der Waals surface area (Å²) in [5.74, 6) is -0.0143. The van der Waals surface area contributed by atoms with E-state index in [0.717, 1.165) is 16.0 Å². The van der Waals surface area contributed by atoms with E-state index in [1.54, 1.807) is 11.8 Å². The third-order valence-corrected chi connectivity index (χ3v) is 4.58. The topological polar surface area (TPSA) is 29.1 Å². The summed E-state index contributed by atoms with van der Waals surface area (Å²) in [7, 11) is 0. The van der Waals surface area contributed by atoms with E-state index in [2.05, 4.69) is 38.2 Å². The zero-order chi connectivity index (χ0) is 16.1. The van der Waals surface area contributed by atoms with E-state index >= 15 is 0 Å². The van der Waals surface area contributed by atoms with Gasteiger partial charge in [-0.3, -0.25) is 4.79 Å². The Hall–Kier alpha value is -1.74. The van der Waals surface area contributed by atoms with Crippen LogP contribution in [0.5, 0.6) is 0 Å². The molecule has 2 nitrogen and oxygen atoms in total. The smallest absolute Gasteiger partial charge is 0.252 e. The fraction of sp³-hybridized carbons (Fsp3) is 0.316. The molecule has 0 heterocycles. The van der Waals surface area contributed by atoms with Gasteiger partial charge < -0.3 is 5.32 Å². The van der Waals surface area contributed by atoms with Gasteiger partial charge >= 0.3 is 0 Å². The van der Waals surface area contributed by atoms with Crippen molar-refractivity contribution < 1.29 is 4.79 Å². The van der Waals surface area contributed by atoms with Crippen LogP contribution in [-0.4, -0.2) is 11.2 Å². The SMILES string of the molecule is Cc1ccccc1C(C)NC(=O)c1ccccc1SC(C)C. The highest BCUT2D eigenvalue weighted by Crippen LogP contribution is 2.27. The average molecular weight is 313 g/mol. The summed E-state index contributed by atoms with van der Waals surface area (Å²) in [6.45, 7) is 8.36. The number of hydrogen-bond donors (Lipinski definition) is 1. The molecular weight excluding hydrogens is 290 g/mol. The Kier molecular flexibility index (Phi) is 5.67. The van der Waals surface area contributed by atoms with Gasteiger partial charge in [0.15, 0.2) is 0 Å². The second kappa shape index (κ2) is 7.50. The predicted octanol–water partition coefficient (Wildman–Crippen LogP) is 4.99. The van der Waals surface area contributed by atoms with Crippen LogP contribution in [0.15, 0.2) is 53.4 Å². The normalized spacial score (nSPS) is 12.2. The Labute approximate surface area is 137 Å². The van der Waals surface area contributed by atoms with Crippen molar-refractivity contribution in [1.82, 2.24) is 5.32 Å². The Morgan fingerprint density at radius 1 is 1.00 bits per heavy atom. The van der Waals surface area contributed by atoms with Crippen molar-refractivity contribution in [2.24, 2.45) is 0 Å². The van der Waals surface area contributed by atoms with E-state index in [9.17, 15) is 4.79 Å². The van der Waals surface area contributed by atoms with Crippen LogP contribution in [0.3, 0.4) is 0 Å². The summed E-state index contributed by atoms with van der Waals surface area (Å²) in [6, 6.07) is 15.9. The summed E-state index contributed by atoms with van der Waals surface area (Å²) in [5.41, 5.74) is 3.10. The molecule has 0 aliphatic heterocycles. The van der Waals surface area contributed by atoms with Crippen molar-refractivity contribution in [3.05, 3.63) is 65.2 Å². The molecule has 0 aliphatic rings. The molecular formula is C19H23NOS. The molecule has 0 aromatic heterocycles. The molecule has 0 saturated heterocycles. The number of rotatable bonds is 5. The van der Waals surface area contributed by atoms with Gasteiger partial charge in [-0.2, -0.15) is 0 Å². The molecule has 0 fully saturated rings. The summed E-state index contributed by atoms with van der Waals surface area (Å²) in [4.78, 5) is 13.7. The minimum Gasteiger partial charge on any atom is -0.345 e. The number of benzene rings is 2. The molecule has 0 bridgehead atoms. The quantitative estimate of drug-likeness (QED) is 0.788. The molecule has 1 unspecified atom stereocenters. The van der Waals surface area contributed by atoms with Crippen molar-refractivity contribution >= 4 is 17.7 Å². The van der Waals surface area contributed by atoms with Crippen LogP contribution in [0.25, 0.3) is 0 Å². The zero-order valence-electron chi connectivity index (χ0n) is 13.6. The van der Waals surface area contributed by atoms with Crippen LogP contribution in [0.1, 0.15) is 48.3 Å². The van der Waals surface area contributed by atoms with Gasteiger partial charge in [-0.25, -0.2) is 0 Å². The van der Waals surface area contributed by atoms with Crippen LogP contribution < -0.4 is 5.32 Å². The first-order valence-corrected chi connectivity index (χ1v) is 8.49. The van der Waals surface area contributed by atoms with Gasteiger partial charge in [0.25, 0.3) is 5.91 Å². The largest absolute Gasteiger partial charge is 0.345 e. The van der Waals surface area contributed by atoms with Crippen LogP contribution in [0.4, 0.5) is 0 Å². The number of nitrogens with one attached hydrogen (secondary N) is 1. The van der Waals surface area contributed by atoms with Gasteiger partial charge in [0, 0.05) is 10.1 Å². The summed E-state index contributed by atoms with van der Waals surface area (Å²) < 4.78 is 0. The minimum absolute atomic E-state index is 0.00851. The Bertz CT molecular complexity index is 651. The van der Waals surface area contributed by atoms with E-state index < -0.39 is 0 Å². The van der Waals surface area contributed by atoms with Crippen molar-refractivity contribution in [1.29, 1.82) is 0 Å². The lowest BCUT2D eigenvalue weighted by molar-refractivity contribution is 0.0937. The highest BCUT2D eigenvalue weighted by molar-refractivity contribution is 8.00. The fourth-order valence-electron chi connectivity index (χ4n) is 2.44. The maximum absolute atomic E-state index is 12.6. The summed E-state index contributed by atoms with van der Waals surface area (Å²) in [6.07, 6.45) is 0. The van der Waals surface area contributed by atoms with Gasteiger partial charge in [-0.05, 0) is 37.1 Å². The molecule has 2 rings (SSSR count). The molecule has 2 aromatic carbocycles. The number of aryl methyl sites for hydroxylation is 1. The molecule has 1 N–H and O–H groups in total. The second-order valence-corrected chi connectivity index (χ2v) is 7.33. The highest BCUT2D eigenvalue weighted by atomic mass is 32.2. The number of hydrogen-bond acceptors (Lipinski definition) is 2. The van der Waals surface area contributed by atoms with Crippen molar-refractivity contribution in [2.75, 3.05) is 0 Å². The molecule has 0 spiro atoms. The maximum atomic E-state index is 12.6. The molecule has 0 aliphatic carbocycles. The first-order valence-electron chi connectivity index (χ1n) is 7.61. The van der Waals surface area contributed by atoms with Crippen LogP contribution in [0.2, 0.25) is 0 Å². The van der Waals surface area contributed by atoms with Gasteiger partial charge in [0.1, 0.15) is 0 Å². The van der Waals surface area contributed by atoms with Crippen LogP contribution >= 0.6 is 11.8 Å². The van der Waals surface area contributed by atoms with Crippen molar-refractivity contribution in [3.63, 3.8) is 0 Å². The summed E-state index contributed by atoms with van der Waals surface area (Å²) in [5, 5.41) is 3.56. The Morgan fingerprint density at radius 3 is 2.32 bits per heavy atom. The molecule has 1 atom stereocenters. The lowest BCUT2D eigenvalue weighted by Crippen LogP contribution is -2.27. The van der Waals surface area contributed by atoms with Gasteiger partial charge in [-0.15, -0.1) is 11.8 Å². The third-order valence-electron chi connectivity index (χ3n) is 3.50. The molecule has 0 saturated carbocycles. The fourth-order valence-corrected chi connectivity index (χ4v) is 3.39. The Balaban J connectivity index is 2.17. The minimum atomic E-state index is -0.0143. The van der Waals surface area contributed by atoms with E-state index in [1.165, 1.54) is 5.56 Å². The Morgan fingerprint density at radius 2 is 1.64 bits per heavy atom. The second-order valence-electron chi connectivity index (χ2n) is 5.71. The van der Waals surface area contributed by atoms with E-state index in [-0.39, 0.29) is 11.9 Å². The predicted molar refractivity (Wildman–Crippen MR) is 94.5 cm³/mol. The number of carbonyl (C=O) groups is 1. The van der Waals surface area contributed by atoms with Crippen LogP contribution in [-0.2, 0) is 0 Å². The maximum Gasteiger partial charge on any atom is 0.252 e. The van der Waals surface area contributed by atoms with Gasteiger partial charge in [0.2, 0.25) is 0 Å². The highest BCUT2D eigenvalue weighted by Gasteiger charge is 2.16. The van der Waals surface area contributed by atoms with Gasteiger partial charge in [0.05, 0.1) is 11.6 Å². The molecule has 116 valence electrons. The van der Waals surface area contributed by atoms with E-state index in [0.29, 0.717) is 5.25 Å². The van der Waals surface area contributed by atoms with Crippen molar-refractivity contribution in [3.8, 4) is 0 Å². The van der Waals surface area contributed by atoms with E-state index in [4.69, 9.17) is 0 Å². The summed E-state index contributed by atoms with van der Waals surface area (Å²) >= 11 is 1.72. The number of carbonyl (C=O) groups excluding carboxylic acids is 1. The lowest BCUT2D eigenvalue weighted by atomic mass is 10.0. The number of amides is 1. The third kappa shape index (κ3) is 4.14. The van der Waals surface area contributed by atoms with Crippen molar-refractivity contribution in [2.45, 2.75) is 43.9 Å². The molecule has 1 amide bonds. The zero-order valence-corrected chi connectivity index (χ0v) is 14.4. The molecule has 0 radical (unpaired) electrons. The molecule has 22 heavy (non-hydrogen) atoms.